The highest BCUT2D eigenvalue weighted by Crippen LogP contribution is 2.27. The number of fused-ring (bicyclic) bond motifs is 1. The summed E-state index contributed by atoms with van der Waals surface area (Å²) >= 11 is 3.38. The van der Waals surface area contributed by atoms with E-state index in [4.69, 9.17) is 4.52 Å². The number of aromatic nitrogens is 4. The van der Waals surface area contributed by atoms with E-state index < -0.39 is 15.1 Å². The van der Waals surface area contributed by atoms with Crippen molar-refractivity contribution in [2.45, 2.75) is 44.1 Å². The number of pyridine rings is 1. The molecule has 7 nitrogen and oxygen atoms in total. The van der Waals surface area contributed by atoms with Crippen LogP contribution in [0.2, 0.25) is 0 Å². The zero-order chi connectivity index (χ0) is 18.4. The van der Waals surface area contributed by atoms with E-state index in [0.29, 0.717) is 17.2 Å². The topological polar surface area (TPSA) is 90.4 Å². The van der Waals surface area contributed by atoms with Gasteiger partial charge in [0.05, 0.1) is 11.4 Å². The molecule has 0 spiro atoms. The summed E-state index contributed by atoms with van der Waals surface area (Å²) in [6, 6.07) is 3.67. The molecule has 0 amide bonds. The molecule has 3 rings (SSSR count). The van der Waals surface area contributed by atoms with Crippen LogP contribution < -0.4 is 0 Å². The lowest BCUT2D eigenvalue weighted by Crippen LogP contribution is -2.15. The van der Waals surface area contributed by atoms with Gasteiger partial charge in [-0.15, -0.1) is 0 Å². The van der Waals surface area contributed by atoms with Crippen LogP contribution in [0, 0.1) is 0 Å². The summed E-state index contributed by atoms with van der Waals surface area (Å²) in [6.45, 7) is 7.38. The van der Waals surface area contributed by atoms with E-state index in [1.165, 1.54) is 0 Å². The molecule has 3 heterocycles. The summed E-state index contributed by atoms with van der Waals surface area (Å²) in [5.74, 6) is 0.402. The Balaban J connectivity index is 1.86. The fourth-order valence-corrected chi connectivity index (χ4v) is 3.83. The molecule has 3 aromatic rings. The number of rotatable bonds is 4. The highest BCUT2D eigenvalue weighted by Gasteiger charge is 2.31. The van der Waals surface area contributed by atoms with Crippen LogP contribution in [0.25, 0.3) is 5.65 Å². The number of hydrogen-bond acceptors (Lipinski definition) is 6. The van der Waals surface area contributed by atoms with Gasteiger partial charge in [0.1, 0.15) is 10.9 Å². The van der Waals surface area contributed by atoms with Gasteiger partial charge in [-0.25, -0.2) is 13.4 Å². The highest BCUT2D eigenvalue weighted by molar-refractivity contribution is 9.10. The largest absolute Gasteiger partial charge is 0.338 e. The van der Waals surface area contributed by atoms with Crippen molar-refractivity contribution in [3.8, 4) is 0 Å². The van der Waals surface area contributed by atoms with Crippen LogP contribution >= 0.6 is 15.9 Å². The molecule has 9 heteroatoms. The number of imidazole rings is 1. The summed E-state index contributed by atoms with van der Waals surface area (Å²) in [6.07, 6.45) is 3.54. The number of sulfone groups is 1. The fraction of sp³-hybridized carbons (Fsp3) is 0.438. The van der Waals surface area contributed by atoms with Gasteiger partial charge in [-0.1, -0.05) is 25.9 Å². The van der Waals surface area contributed by atoms with Crippen LogP contribution in [0.1, 0.15) is 50.4 Å². The molecule has 0 aromatic carbocycles. The Bertz CT molecular complexity index is 1020. The Labute approximate surface area is 154 Å². The highest BCUT2D eigenvalue weighted by atomic mass is 79.9. The molecule has 0 saturated heterocycles. The first kappa shape index (κ1) is 18.1. The van der Waals surface area contributed by atoms with Crippen LogP contribution in [0.5, 0.6) is 0 Å². The molecular weight excluding hydrogens is 408 g/mol. The van der Waals surface area contributed by atoms with Crippen LogP contribution in [-0.4, -0.2) is 27.9 Å². The van der Waals surface area contributed by atoms with Gasteiger partial charge in [0, 0.05) is 22.3 Å². The summed E-state index contributed by atoms with van der Waals surface area (Å²) in [5.41, 5.74) is 0.856. The lowest BCUT2D eigenvalue weighted by Gasteiger charge is -2.11. The second-order valence-electron chi connectivity index (χ2n) is 7.00. The number of hydrogen-bond donors (Lipinski definition) is 0. The second-order valence-corrected chi connectivity index (χ2v) is 10.2. The van der Waals surface area contributed by atoms with Gasteiger partial charge < -0.3 is 8.92 Å². The van der Waals surface area contributed by atoms with Crippen molar-refractivity contribution >= 4 is 31.4 Å². The van der Waals surface area contributed by atoms with Crippen molar-refractivity contribution in [3.63, 3.8) is 0 Å². The summed E-state index contributed by atoms with van der Waals surface area (Å²) in [7, 11) is -3.54. The normalized spacial score (nSPS) is 14.1. The van der Waals surface area contributed by atoms with Gasteiger partial charge in [-0.05, 0) is 35.0 Å². The Kier molecular flexibility index (Phi) is 4.48. The van der Waals surface area contributed by atoms with E-state index in [1.807, 2.05) is 39.1 Å². The molecule has 1 unspecified atom stereocenters. The molecule has 0 aliphatic carbocycles. The van der Waals surface area contributed by atoms with Gasteiger partial charge >= 0.3 is 0 Å². The Morgan fingerprint density at radius 2 is 1.96 bits per heavy atom. The number of nitrogens with zero attached hydrogens (tertiary/aromatic N) is 4. The molecule has 1 atom stereocenters. The van der Waals surface area contributed by atoms with Crippen molar-refractivity contribution in [1.82, 2.24) is 19.5 Å². The van der Waals surface area contributed by atoms with E-state index in [2.05, 4.69) is 31.1 Å². The molecule has 0 bridgehead atoms. The van der Waals surface area contributed by atoms with Crippen molar-refractivity contribution in [2.24, 2.45) is 0 Å². The maximum atomic E-state index is 12.7. The summed E-state index contributed by atoms with van der Waals surface area (Å²) < 4.78 is 33.3. The lowest BCUT2D eigenvalue weighted by molar-refractivity contribution is 0.361. The zero-order valence-electron chi connectivity index (χ0n) is 14.4. The van der Waals surface area contributed by atoms with Crippen molar-refractivity contribution < 1.29 is 12.9 Å². The predicted molar refractivity (Wildman–Crippen MR) is 96.9 cm³/mol. The molecule has 3 aromatic heterocycles. The van der Waals surface area contributed by atoms with Gasteiger partial charge in [0.15, 0.2) is 15.7 Å². The minimum atomic E-state index is -3.54. The molecule has 0 saturated carbocycles. The molecule has 0 radical (unpaired) electrons. The molecule has 134 valence electrons. The SMILES string of the molecule is CC(c1nc(C(C)(C)C)no1)S(=O)(=O)Cc1cn2cc(Br)ccc2n1. The predicted octanol–water partition coefficient (Wildman–Crippen LogP) is 3.45. The van der Waals surface area contributed by atoms with Crippen LogP contribution in [0.4, 0.5) is 0 Å². The monoisotopic (exact) mass is 426 g/mol. The van der Waals surface area contributed by atoms with Gasteiger partial charge in [0.25, 0.3) is 0 Å². The van der Waals surface area contributed by atoms with Crippen LogP contribution in [0.3, 0.4) is 0 Å². The maximum absolute atomic E-state index is 12.7. The van der Waals surface area contributed by atoms with E-state index in [1.54, 1.807) is 17.5 Å². The minimum absolute atomic E-state index is 0.108. The van der Waals surface area contributed by atoms with Gasteiger partial charge in [-0.3, -0.25) is 0 Å². The van der Waals surface area contributed by atoms with E-state index in [9.17, 15) is 8.42 Å². The Morgan fingerprint density at radius 1 is 1.24 bits per heavy atom. The molecule has 0 aliphatic heterocycles. The zero-order valence-corrected chi connectivity index (χ0v) is 16.8. The van der Waals surface area contributed by atoms with Crippen molar-refractivity contribution in [2.75, 3.05) is 0 Å². The first-order valence-electron chi connectivity index (χ1n) is 7.75. The lowest BCUT2D eigenvalue weighted by atomic mass is 9.96. The first-order chi connectivity index (χ1) is 11.6. The van der Waals surface area contributed by atoms with Crippen LogP contribution in [0.15, 0.2) is 33.5 Å². The van der Waals surface area contributed by atoms with E-state index in [0.717, 1.165) is 4.47 Å². The first-order valence-corrected chi connectivity index (χ1v) is 10.3. The van der Waals surface area contributed by atoms with Crippen LogP contribution in [-0.2, 0) is 21.0 Å². The average molecular weight is 427 g/mol. The quantitative estimate of drug-likeness (QED) is 0.634. The smallest absolute Gasteiger partial charge is 0.244 e. The molecule has 0 aliphatic rings. The molecule has 0 N–H and O–H groups in total. The van der Waals surface area contributed by atoms with Crippen molar-refractivity contribution in [1.29, 1.82) is 0 Å². The standard InChI is InChI=1S/C16H19BrN4O3S/c1-10(14-19-15(20-24-14)16(2,3)4)25(22,23)9-12-8-21-7-11(17)5-6-13(21)18-12/h5-8,10H,9H2,1-4H3. The summed E-state index contributed by atoms with van der Waals surface area (Å²) in [4.78, 5) is 8.61. The molecule has 25 heavy (non-hydrogen) atoms. The third-order valence-electron chi connectivity index (χ3n) is 3.81. The minimum Gasteiger partial charge on any atom is -0.338 e. The number of halogens is 1. The van der Waals surface area contributed by atoms with E-state index >= 15 is 0 Å². The fourth-order valence-electron chi connectivity index (χ4n) is 2.28. The molecular formula is C16H19BrN4O3S. The summed E-state index contributed by atoms with van der Waals surface area (Å²) in [5, 5.41) is 3.00. The third kappa shape index (κ3) is 3.77. The van der Waals surface area contributed by atoms with Crippen molar-refractivity contribution in [3.05, 3.63) is 46.4 Å². The average Bonchev–Trinajstić information content (AvgIpc) is 3.11. The molecule has 0 fully saturated rings. The Morgan fingerprint density at radius 3 is 2.60 bits per heavy atom. The van der Waals surface area contributed by atoms with Gasteiger partial charge in [-0.2, -0.15) is 4.98 Å². The Hall–Kier alpha value is -1.74. The second kappa shape index (κ2) is 6.21. The van der Waals surface area contributed by atoms with Gasteiger partial charge in [0.2, 0.25) is 5.89 Å². The van der Waals surface area contributed by atoms with E-state index in [-0.39, 0.29) is 17.1 Å². The maximum Gasteiger partial charge on any atom is 0.244 e. The third-order valence-corrected chi connectivity index (χ3v) is 6.26.